The van der Waals surface area contributed by atoms with Crippen molar-refractivity contribution < 1.29 is 0 Å². The monoisotopic (exact) mass is 213 g/mol. The number of aryl methyl sites for hydroxylation is 1. The normalized spacial score (nSPS) is 11.8. The van der Waals surface area contributed by atoms with Crippen molar-refractivity contribution in [3.05, 3.63) is 65.9 Å². The maximum absolute atomic E-state index is 3.84. The Morgan fingerprint density at radius 1 is 1.19 bits per heavy atom. The van der Waals surface area contributed by atoms with Crippen molar-refractivity contribution >= 4 is 5.69 Å². The van der Waals surface area contributed by atoms with Gasteiger partial charge in [-0.15, -0.1) is 0 Å². The molecule has 1 heteroatoms. The zero-order valence-corrected chi connectivity index (χ0v) is 10.2. The van der Waals surface area contributed by atoms with Gasteiger partial charge in [0.2, 0.25) is 0 Å². The molecular weight excluding hydrogens is 194 g/mol. The molecule has 0 heterocycles. The van der Waals surface area contributed by atoms with E-state index in [1.54, 1.807) is 0 Å². The van der Waals surface area contributed by atoms with E-state index in [1.807, 2.05) is 32.1 Å². The second-order valence-electron chi connectivity index (χ2n) is 3.91. The van der Waals surface area contributed by atoms with E-state index in [2.05, 4.69) is 43.1 Å². The van der Waals surface area contributed by atoms with Crippen LogP contribution in [0.3, 0.4) is 0 Å². The topological polar surface area (TPSA) is 12.0 Å². The number of anilines is 1. The summed E-state index contributed by atoms with van der Waals surface area (Å²) in [5.74, 6) is 0. The van der Waals surface area contributed by atoms with Crippen molar-refractivity contribution in [1.29, 1.82) is 0 Å². The molecule has 0 fully saturated rings. The first-order valence-corrected chi connectivity index (χ1v) is 5.45. The molecule has 0 aromatic heterocycles. The first-order valence-electron chi connectivity index (χ1n) is 5.45. The number of benzene rings is 1. The predicted octanol–water partition coefficient (Wildman–Crippen LogP) is 4.44. The molecule has 1 aromatic rings. The summed E-state index contributed by atoms with van der Waals surface area (Å²) in [6.07, 6.45) is 6.07. The zero-order valence-electron chi connectivity index (χ0n) is 10.2. The summed E-state index contributed by atoms with van der Waals surface area (Å²) in [6.45, 7) is 9.92. The number of nitrogens with one attached hydrogen (secondary N) is 1. The van der Waals surface area contributed by atoms with E-state index in [-0.39, 0.29) is 0 Å². The summed E-state index contributed by atoms with van der Waals surface area (Å²) >= 11 is 0. The van der Waals surface area contributed by atoms with Gasteiger partial charge >= 0.3 is 0 Å². The van der Waals surface area contributed by atoms with Crippen LogP contribution in [0.4, 0.5) is 5.69 Å². The van der Waals surface area contributed by atoms with Gasteiger partial charge in [0.1, 0.15) is 0 Å². The van der Waals surface area contributed by atoms with Crippen molar-refractivity contribution in [2.24, 2.45) is 0 Å². The van der Waals surface area contributed by atoms with Crippen LogP contribution in [0.25, 0.3) is 0 Å². The van der Waals surface area contributed by atoms with Gasteiger partial charge in [-0.25, -0.2) is 0 Å². The molecule has 16 heavy (non-hydrogen) atoms. The largest absolute Gasteiger partial charge is 0.356 e. The standard InChI is InChI=1S/C15H19N/c1-5-14(9-6-12(2)3)16-15-10-7-13(4)8-11-15/h5-11,16H,2H2,1,3-4H3/b9-6-,14-5?. The van der Waals surface area contributed by atoms with Crippen molar-refractivity contribution in [2.45, 2.75) is 20.8 Å². The molecule has 0 spiro atoms. The molecule has 0 saturated carbocycles. The highest BCUT2D eigenvalue weighted by atomic mass is 14.9. The van der Waals surface area contributed by atoms with Crippen molar-refractivity contribution in [1.82, 2.24) is 0 Å². The Morgan fingerprint density at radius 2 is 1.81 bits per heavy atom. The molecule has 1 rings (SSSR count). The van der Waals surface area contributed by atoms with Crippen LogP contribution in [0.5, 0.6) is 0 Å². The second-order valence-corrected chi connectivity index (χ2v) is 3.91. The maximum atomic E-state index is 3.84. The molecule has 1 nitrogen and oxygen atoms in total. The summed E-state index contributed by atoms with van der Waals surface area (Å²) in [7, 11) is 0. The van der Waals surface area contributed by atoms with Crippen LogP contribution in [0.1, 0.15) is 19.4 Å². The smallest absolute Gasteiger partial charge is 0.0384 e. The summed E-state index contributed by atoms with van der Waals surface area (Å²) in [4.78, 5) is 0. The number of hydrogen-bond acceptors (Lipinski definition) is 1. The quantitative estimate of drug-likeness (QED) is 0.729. The number of hydrogen-bond donors (Lipinski definition) is 1. The minimum absolute atomic E-state index is 1.05. The molecule has 0 aliphatic heterocycles. The average molecular weight is 213 g/mol. The van der Waals surface area contributed by atoms with Crippen molar-refractivity contribution in [2.75, 3.05) is 5.32 Å². The Kier molecular flexibility index (Phi) is 4.59. The summed E-state index contributed by atoms with van der Waals surface area (Å²) in [5.41, 5.74) is 4.49. The Balaban J connectivity index is 2.71. The van der Waals surface area contributed by atoms with Gasteiger partial charge in [0.05, 0.1) is 0 Å². The number of allylic oxidation sites excluding steroid dienone is 4. The minimum atomic E-state index is 1.05. The Labute approximate surface area is 98.2 Å². The molecule has 0 aliphatic rings. The number of rotatable bonds is 4. The van der Waals surface area contributed by atoms with Crippen LogP contribution in [-0.4, -0.2) is 0 Å². The summed E-state index contributed by atoms with van der Waals surface area (Å²) in [6, 6.07) is 8.34. The molecule has 1 aromatic carbocycles. The molecule has 0 unspecified atom stereocenters. The Morgan fingerprint density at radius 3 is 2.31 bits per heavy atom. The van der Waals surface area contributed by atoms with Gasteiger partial charge in [-0.2, -0.15) is 0 Å². The van der Waals surface area contributed by atoms with Crippen LogP contribution in [-0.2, 0) is 0 Å². The van der Waals surface area contributed by atoms with Crippen LogP contribution in [0, 0.1) is 6.92 Å². The lowest BCUT2D eigenvalue weighted by Crippen LogP contribution is -1.96. The summed E-state index contributed by atoms with van der Waals surface area (Å²) < 4.78 is 0. The average Bonchev–Trinajstić information content (AvgIpc) is 2.26. The molecule has 0 atom stereocenters. The third-order valence-corrected chi connectivity index (χ3v) is 2.20. The van der Waals surface area contributed by atoms with E-state index < -0.39 is 0 Å². The lowest BCUT2D eigenvalue weighted by molar-refractivity contribution is 1.40. The predicted molar refractivity (Wildman–Crippen MR) is 72.5 cm³/mol. The lowest BCUT2D eigenvalue weighted by Gasteiger charge is -2.07. The van der Waals surface area contributed by atoms with Crippen LogP contribution in [0.15, 0.2) is 60.3 Å². The van der Waals surface area contributed by atoms with Crippen molar-refractivity contribution in [3.8, 4) is 0 Å². The fourth-order valence-electron chi connectivity index (χ4n) is 1.25. The third kappa shape index (κ3) is 4.18. The Bertz CT molecular complexity index is 408. The molecule has 0 saturated heterocycles. The van der Waals surface area contributed by atoms with E-state index in [0.29, 0.717) is 0 Å². The molecule has 0 radical (unpaired) electrons. The molecule has 0 bridgehead atoms. The lowest BCUT2D eigenvalue weighted by atomic mass is 10.2. The van der Waals surface area contributed by atoms with E-state index in [9.17, 15) is 0 Å². The van der Waals surface area contributed by atoms with Gasteiger partial charge in [0.25, 0.3) is 0 Å². The van der Waals surface area contributed by atoms with E-state index in [1.165, 1.54) is 5.56 Å². The maximum Gasteiger partial charge on any atom is 0.0384 e. The van der Waals surface area contributed by atoms with Crippen molar-refractivity contribution in [3.63, 3.8) is 0 Å². The van der Waals surface area contributed by atoms with Gasteiger partial charge in [0.15, 0.2) is 0 Å². The first kappa shape index (κ1) is 12.3. The Hall–Kier alpha value is -1.76. The van der Waals surface area contributed by atoms with Gasteiger partial charge in [-0.05, 0) is 39.0 Å². The molecule has 0 amide bonds. The minimum Gasteiger partial charge on any atom is -0.356 e. The van der Waals surface area contributed by atoms with Gasteiger partial charge < -0.3 is 5.32 Å². The van der Waals surface area contributed by atoms with Gasteiger partial charge in [-0.1, -0.05) is 42.0 Å². The summed E-state index contributed by atoms with van der Waals surface area (Å²) in [5, 5.41) is 3.34. The highest BCUT2D eigenvalue weighted by molar-refractivity contribution is 5.51. The molecule has 0 aliphatic carbocycles. The van der Waals surface area contributed by atoms with Crippen LogP contribution >= 0.6 is 0 Å². The molecular formula is C15H19N. The van der Waals surface area contributed by atoms with E-state index in [4.69, 9.17) is 0 Å². The highest BCUT2D eigenvalue weighted by Gasteiger charge is 1.93. The highest BCUT2D eigenvalue weighted by Crippen LogP contribution is 2.12. The van der Waals surface area contributed by atoms with Gasteiger partial charge in [0, 0.05) is 11.4 Å². The first-order chi connectivity index (χ1) is 7.61. The van der Waals surface area contributed by atoms with E-state index in [0.717, 1.165) is 17.0 Å². The van der Waals surface area contributed by atoms with Crippen LogP contribution < -0.4 is 5.32 Å². The van der Waals surface area contributed by atoms with Gasteiger partial charge in [-0.3, -0.25) is 0 Å². The van der Waals surface area contributed by atoms with E-state index >= 15 is 0 Å². The third-order valence-electron chi connectivity index (χ3n) is 2.20. The SMILES string of the molecule is C=C(C)/C=C\C(=CC)Nc1ccc(C)cc1. The van der Waals surface area contributed by atoms with Crippen LogP contribution in [0.2, 0.25) is 0 Å². The fraction of sp³-hybridized carbons (Fsp3) is 0.200. The fourth-order valence-corrected chi connectivity index (χ4v) is 1.25. The zero-order chi connectivity index (χ0) is 12.0. The molecule has 84 valence electrons. The second kappa shape index (κ2) is 5.96. The molecule has 1 N–H and O–H groups in total.